The van der Waals surface area contributed by atoms with Crippen LogP contribution < -0.4 is 10.6 Å². The molecule has 0 heterocycles. The summed E-state index contributed by atoms with van der Waals surface area (Å²) >= 11 is 0. The summed E-state index contributed by atoms with van der Waals surface area (Å²) < 4.78 is 0. The van der Waals surface area contributed by atoms with Gasteiger partial charge in [-0.05, 0) is 19.4 Å². The third-order valence-corrected chi connectivity index (χ3v) is 2.69. The van der Waals surface area contributed by atoms with E-state index >= 15 is 0 Å². The third kappa shape index (κ3) is 4.54. The highest BCUT2D eigenvalue weighted by Gasteiger charge is 2.06. The number of para-hydroxylation sites is 1. The van der Waals surface area contributed by atoms with Gasteiger partial charge in [-0.15, -0.1) is 0 Å². The van der Waals surface area contributed by atoms with Crippen LogP contribution in [0.15, 0.2) is 24.3 Å². The van der Waals surface area contributed by atoms with Crippen LogP contribution in [-0.2, 0) is 11.4 Å². The molecule has 1 amide bonds. The number of anilines is 1. The Hall–Kier alpha value is -1.39. The number of nitrogens with one attached hydrogen (secondary N) is 2. The minimum atomic E-state index is -0.0915. The van der Waals surface area contributed by atoms with E-state index < -0.39 is 0 Å². The van der Waals surface area contributed by atoms with Crippen LogP contribution in [0.2, 0.25) is 0 Å². The highest BCUT2D eigenvalue weighted by atomic mass is 16.3. The fourth-order valence-electron chi connectivity index (χ4n) is 1.39. The summed E-state index contributed by atoms with van der Waals surface area (Å²) in [5, 5.41) is 15.0. The summed E-state index contributed by atoms with van der Waals surface area (Å²) in [6, 6.07) is 7.56. The van der Waals surface area contributed by atoms with Crippen molar-refractivity contribution in [1.82, 2.24) is 5.32 Å². The largest absolute Gasteiger partial charge is 0.392 e. The van der Waals surface area contributed by atoms with E-state index in [9.17, 15) is 4.79 Å². The molecule has 3 N–H and O–H groups in total. The molecule has 1 unspecified atom stereocenters. The zero-order valence-electron chi connectivity index (χ0n) is 10.4. The smallest absolute Gasteiger partial charge is 0.238 e. The zero-order chi connectivity index (χ0) is 12.7. The molecule has 0 spiro atoms. The Kier molecular flexibility index (Phi) is 5.66. The van der Waals surface area contributed by atoms with Crippen molar-refractivity contribution in [3.8, 4) is 0 Å². The monoisotopic (exact) mass is 236 g/mol. The van der Waals surface area contributed by atoms with Gasteiger partial charge in [-0.3, -0.25) is 4.79 Å². The van der Waals surface area contributed by atoms with Gasteiger partial charge in [-0.2, -0.15) is 0 Å². The summed E-state index contributed by atoms with van der Waals surface area (Å²) in [7, 11) is 0. The summed E-state index contributed by atoms with van der Waals surface area (Å²) in [6.45, 7) is 4.32. The van der Waals surface area contributed by atoms with Crippen LogP contribution in [0.3, 0.4) is 0 Å². The number of carbonyl (C=O) groups is 1. The van der Waals surface area contributed by atoms with Gasteiger partial charge in [0.05, 0.1) is 13.2 Å². The second-order valence-corrected chi connectivity index (χ2v) is 4.05. The highest BCUT2D eigenvalue weighted by Crippen LogP contribution is 2.14. The molecule has 1 aromatic carbocycles. The molecule has 1 aromatic rings. The number of rotatable bonds is 6. The number of hydrogen-bond donors (Lipinski definition) is 3. The average molecular weight is 236 g/mol. The fourth-order valence-corrected chi connectivity index (χ4v) is 1.39. The molecule has 0 saturated carbocycles. The van der Waals surface area contributed by atoms with Crippen LogP contribution in [0.4, 0.5) is 5.69 Å². The Bertz CT molecular complexity index is 366. The summed E-state index contributed by atoms with van der Waals surface area (Å²) in [4.78, 5) is 11.6. The Morgan fingerprint density at radius 1 is 1.41 bits per heavy atom. The van der Waals surface area contributed by atoms with Crippen LogP contribution in [-0.4, -0.2) is 23.6 Å². The molecule has 4 nitrogen and oxygen atoms in total. The Labute approximate surface area is 102 Å². The van der Waals surface area contributed by atoms with Crippen LogP contribution in [0.1, 0.15) is 25.8 Å². The number of aliphatic hydroxyl groups excluding tert-OH is 1. The Morgan fingerprint density at radius 3 is 2.76 bits per heavy atom. The first kappa shape index (κ1) is 13.7. The summed E-state index contributed by atoms with van der Waals surface area (Å²) in [5.41, 5.74) is 1.40. The predicted octanol–water partition coefficient (Wildman–Crippen LogP) is 1.51. The number of carbonyl (C=O) groups excluding carboxylic acids is 1. The van der Waals surface area contributed by atoms with Gasteiger partial charge >= 0.3 is 0 Å². The predicted molar refractivity (Wildman–Crippen MR) is 68.8 cm³/mol. The third-order valence-electron chi connectivity index (χ3n) is 2.69. The first-order valence-electron chi connectivity index (χ1n) is 5.89. The zero-order valence-corrected chi connectivity index (χ0v) is 10.4. The highest BCUT2D eigenvalue weighted by molar-refractivity contribution is 5.92. The quantitative estimate of drug-likeness (QED) is 0.701. The summed E-state index contributed by atoms with van der Waals surface area (Å²) in [6.07, 6.45) is 0.987. The molecular weight excluding hydrogens is 216 g/mol. The number of hydrogen-bond acceptors (Lipinski definition) is 3. The summed E-state index contributed by atoms with van der Waals surface area (Å²) in [5.74, 6) is -0.0915. The van der Waals surface area contributed by atoms with Crippen molar-refractivity contribution in [3.05, 3.63) is 29.8 Å². The number of aliphatic hydroxyl groups is 1. The van der Waals surface area contributed by atoms with Crippen molar-refractivity contribution in [3.63, 3.8) is 0 Å². The van der Waals surface area contributed by atoms with E-state index in [-0.39, 0.29) is 19.1 Å². The maximum absolute atomic E-state index is 11.6. The molecule has 1 rings (SSSR count). The van der Waals surface area contributed by atoms with Crippen molar-refractivity contribution in [1.29, 1.82) is 0 Å². The van der Waals surface area contributed by atoms with E-state index in [0.29, 0.717) is 11.7 Å². The van der Waals surface area contributed by atoms with E-state index in [2.05, 4.69) is 17.6 Å². The molecule has 0 bridgehead atoms. The van der Waals surface area contributed by atoms with Crippen molar-refractivity contribution < 1.29 is 9.90 Å². The molecular formula is C13H20N2O2. The second-order valence-electron chi connectivity index (χ2n) is 4.05. The molecule has 1 atom stereocenters. The number of benzene rings is 1. The van der Waals surface area contributed by atoms with Crippen LogP contribution in [0.5, 0.6) is 0 Å². The van der Waals surface area contributed by atoms with Gasteiger partial charge < -0.3 is 15.7 Å². The van der Waals surface area contributed by atoms with Crippen molar-refractivity contribution in [2.75, 3.05) is 11.9 Å². The lowest BCUT2D eigenvalue weighted by molar-refractivity contribution is -0.115. The van der Waals surface area contributed by atoms with Gasteiger partial charge in [0, 0.05) is 17.3 Å². The molecule has 0 aromatic heterocycles. The first-order valence-corrected chi connectivity index (χ1v) is 5.89. The van der Waals surface area contributed by atoms with E-state index in [1.165, 1.54) is 0 Å². The van der Waals surface area contributed by atoms with Crippen LogP contribution in [0.25, 0.3) is 0 Å². The maximum Gasteiger partial charge on any atom is 0.238 e. The Balaban J connectivity index is 2.50. The first-order chi connectivity index (χ1) is 8.17. The molecule has 0 saturated heterocycles. The van der Waals surface area contributed by atoms with Gasteiger partial charge in [-0.25, -0.2) is 0 Å². The second kappa shape index (κ2) is 7.04. The lowest BCUT2D eigenvalue weighted by Gasteiger charge is -2.12. The van der Waals surface area contributed by atoms with E-state index in [1.54, 1.807) is 12.1 Å². The minimum Gasteiger partial charge on any atom is -0.392 e. The molecule has 0 aliphatic heterocycles. The van der Waals surface area contributed by atoms with Crippen molar-refractivity contribution in [2.24, 2.45) is 0 Å². The molecule has 0 aliphatic rings. The van der Waals surface area contributed by atoms with Gasteiger partial charge in [0.2, 0.25) is 5.91 Å². The molecule has 17 heavy (non-hydrogen) atoms. The van der Waals surface area contributed by atoms with Gasteiger partial charge in [-0.1, -0.05) is 25.1 Å². The molecule has 4 heteroatoms. The topological polar surface area (TPSA) is 61.4 Å². The van der Waals surface area contributed by atoms with Gasteiger partial charge in [0.1, 0.15) is 0 Å². The lowest BCUT2D eigenvalue weighted by atomic mass is 10.2. The molecule has 94 valence electrons. The van der Waals surface area contributed by atoms with Crippen LogP contribution >= 0.6 is 0 Å². The van der Waals surface area contributed by atoms with Gasteiger partial charge in [0.25, 0.3) is 0 Å². The van der Waals surface area contributed by atoms with Crippen molar-refractivity contribution in [2.45, 2.75) is 32.9 Å². The standard InChI is InChI=1S/C13H20N2O2/c1-3-10(2)14-8-13(17)15-12-7-5-4-6-11(12)9-16/h4-7,10,14,16H,3,8-9H2,1-2H3,(H,15,17). The van der Waals surface area contributed by atoms with Gasteiger partial charge in [0.15, 0.2) is 0 Å². The SMILES string of the molecule is CCC(C)NCC(=O)Nc1ccccc1CO. The lowest BCUT2D eigenvalue weighted by Crippen LogP contribution is -2.34. The number of amides is 1. The van der Waals surface area contributed by atoms with Crippen LogP contribution in [0, 0.1) is 0 Å². The minimum absolute atomic E-state index is 0.0742. The normalized spacial score (nSPS) is 12.2. The fraction of sp³-hybridized carbons (Fsp3) is 0.462. The molecule has 0 radical (unpaired) electrons. The van der Waals surface area contributed by atoms with Crippen molar-refractivity contribution >= 4 is 11.6 Å². The Morgan fingerprint density at radius 2 is 2.12 bits per heavy atom. The molecule has 0 aliphatic carbocycles. The van der Waals surface area contributed by atoms with E-state index in [0.717, 1.165) is 12.0 Å². The average Bonchev–Trinajstić information content (AvgIpc) is 2.36. The van der Waals surface area contributed by atoms with E-state index in [1.807, 2.05) is 19.1 Å². The molecule has 0 fully saturated rings. The maximum atomic E-state index is 11.6. The van der Waals surface area contributed by atoms with E-state index in [4.69, 9.17) is 5.11 Å².